The Morgan fingerprint density at radius 1 is 1.47 bits per heavy atom. The minimum atomic E-state index is -0.160. The maximum absolute atomic E-state index is 13.4. The molecule has 2 atom stereocenters. The Morgan fingerprint density at radius 3 is 2.94 bits per heavy atom. The van der Waals surface area contributed by atoms with E-state index in [1.54, 1.807) is 23.9 Å². The van der Waals surface area contributed by atoms with Crippen LogP contribution in [-0.4, -0.2) is 25.0 Å². The Morgan fingerprint density at radius 2 is 2.29 bits per heavy atom. The fourth-order valence-corrected chi connectivity index (χ4v) is 3.27. The minimum absolute atomic E-state index is 0.160. The van der Waals surface area contributed by atoms with E-state index < -0.39 is 0 Å². The second-order valence-electron chi connectivity index (χ2n) is 4.35. The van der Waals surface area contributed by atoms with Crippen molar-refractivity contribution in [2.75, 3.05) is 13.7 Å². The third-order valence-electron chi connectivity index (χ3n) is 2.91. The molecule has 2 nitrogen and oxygen atoms in total. The Balaban J connectivity index is 2.09. The van der Waals surface area contributed by atoms with Crippen molar-refractivity contribution < 1.29 is 9.13 Å². The van der Waals surface area contributed by atoms with Gasteiger partial charge in [-0.3, -0.25) is 0 Å². The van der Waals surface area contributed by atoms with Crippen molar-refractivity contribution in [1.29, 1.82) is 0 Å². The van der Waals surface area contributed by atoms with Gasteiger partial charge in [0.15, 0.2) is 0 Å². The maximum Gasteiger partial charge on any atom is 0.124 e. The predicted molar refractivity (Wildman–Crippen MR) is 68.8 cm³/mol. The topological polar surface area (TPSA) is 21.3 Å². The van der Waals surface area contributed by atoms with Crippen LogP contribution in [0, 0.1) is 5.82 Å². The zero-order valence-corrected chi connectivity index (χ0v) is 11.0. The molecule has 1 aliphatic heterocycles. The standard InChI is InChI=1S/C13H18FNOS/c1-9-13(3-4-16-9)17-12-6-10(8-15-2)5-11(14)7-12/h5-7,9,13,15H,3-4,8H2,1-2H3. The zero-order chi connectivity index (χ0) is 12.3. The molecule has 0 spiro atoms. The molecule has 1 aliphatic rings. The van der Waals surface area contributed by atoms with Gasteiger partial charge in [0, 0.05) is 23.3 Å². The number of nitrogens with one attached hydrogen (secondary N) is 1. The average Bonchev–Trinajstić information content (AvgIpc) is 2.64. The molecule has 0 amide bonds. The molecule has 1 aromatic rings. The highest BCUT2D eigenvalue weighted by atomic mass is 32.2. The van der Waals surface area contributed by atoms with Gasteiger partial charge in [-0.2, -0.15) is 0 Å². The lowest BCUT2D eigenvalue weighted by molar-refractivity contribution is 0.127. The highest BCUT2D eigenvalue weighted by molar-refractivity contribution is 8.00. The fourth-order valence-electron chi connectivity index (χ4n) is 2.04. The fraction of sp³-hybridized carbons (Fsp3) is 0.538. The molecule has 0 aliphatic carbocycles. The van der Waals surface area contributed by atoms with Crippen LogP contribution < -0.4 is 5.32 Å². The zero-order valence-electron chi connectivity index (χ0n) is 10.2. The van der Waals surface area contributed by atoms with Crippen LogP contribution in [0.2, 0.25) is 0 Å². The molecule has 94 valence electrons. The summed E-state index contributed by atoms with van der Waals surface area (Å²) in [6.45, 7) is 3.60. The monoisotopic (exact) mass is 255 g/mol. The summed E-state index contributed by atoms with van der Waals surface area (Å²) in [5, 5.41) is 3.48. The predicted octanol–water partition coefficient (Wildman–Crippen LogP) is 2.81. The van der Waals surface area contributed by atoms with Gasteiger partial charge in [0.05, 0.1) is 6.10 Å². The molecule has 4 heteroatoms. The quantitative estimate of drug-likeness (QED) is 0.894. The molecule has 0 bridgehead atoms. The molecular weight excluding hydrogens is 237 g/mol. The summed E-state index contributed by atoms with van der Waals surface area (Å²) < 4.78 is 19.0. The molecule has 1 N–H and O–H groups in total. The number of hydrogen-bond donors (Lipinski definition) is 1. The minimum Gasteiger partial charge on any atom is -0.377 e. The van der Waals surface area contributed by atoms with Gasteiger partial charge in [-0.25, -0.2) is 4.39 Å². The summed E-state index contributed by atoms with van der Waals surface area (Å²) in [4.78, 5) is 0.998. The van der Waals surface area contributed by atoms with Gasteiger partial charge in [-0.05, 0) is 44.2 Å². The molecule has 0 saturated carbocycles. The van der Waals surface area contributed by atoms with Crippen molar-refractivity contribution in [3.05, 3.63) is 29.6 Å². The van der Waals surface area contributed by atoms with E-state index in [1.165, 1.54) is 0 Å². The highest BCUT2D eigenvalue weighted by Gasteiger charge is 2.25. The van der Waals surface area contributed by atoms with Gasteiger partial charge in [0.25, 0.3) is 0 Å². The van der Waals surface area contributed by atoms with Crippen LogP contribution in [0.15, 0.2) is 23.1 Å². The van der Waals surface area contributed by atoms with E-state index in [9.17, 15) is 4.39 Å². The average molecular weight is 255 g/mol. The van der Waals surface area contributed by atoms with Crippen molar-refractivity contribution in [3.63, 3.8) is 0 Å². The lowest BCUT2D eigenvalue weighted by atomic mass is 10.2. The van der Waals surface area contributed by atoms with E-state index in [0.29, 0.717) is 11.8 Å². The largest absolute Gasteiger partial charge is 0.377 e. The van der Waals surface area contributed by atoms with Gasteiger partial charge >= 0.3 is 0 Å². The lowest BCUT2D eigenvalue weighted by Crippen LogP contribution is -2.13. The van der Waals surface area contributed by atoms with E-state index in [4.69, 9.17) is 4.74 Å². The van der Waals surface area contributed by atoms with Crippen molar-refractivity contribution in [2.24, 2.45) is 0 Å². The van der Waals surface area contributed by atoms with Gasteiger partial charge in [0.2, 0.25) is 0 Å². The smallest absolute Gasteiger partial charge is 0.124 e. The molecule has 1 aromatic carbocycles. The van der Waals surface area contributed by atoms with E-state index >= 15 is 0 Å². The number of halogens is 1. The first-order valence-electron chi connectivity index (χ1n) is 5.91. The van der Waals surface area contributed by atoms with Gasteiger partial charge in [-0.15, -0.1) is 11.8 Å². The number of rotatable bonds is 4. The SMILES string of the molecule is CNCc1cc(F)cc(SC2CCOC2C)c1. The third-order valence-corrected chi connectivity index (χ3v) is 4.34. The van der Waals surface area contributed by atoms with E-state index in [2.05, 4.69) is 18.3 Å². The van der Waals surface area contributed by atoms with Crippen LogP contribution in [0.3, 0.4) is 0 Å². The van der Waals surface area contributed by atoms with Crippen LogP contribution in [0.25, 0.3) is 0 Å². The molecule has 1 saturated heterocycles. The van der Waals surface area contributed by atoms with Crippen molar-refractivity contribution in [2.45, 2.75) is 36.1 Å². The van der Waals surface area contributed by atoms with Crippen molar-refractivity contribution >= 4 is 11.8 Å². The van der Waals surface area contributed by atoms with Crippen LogP contribution in [0.5, 0.6) is 0 Å². The number of ether oxygens (including phenoxy) is 1. The summed E-state index contributed by atoms with van der Waals surface area (Å²) in [6.07, 6.45) is 1.31. The molecule has 1 heterocycles. The van der Waals surface area contributed by atoms with Gasteiger partial charge < -0.3 is 10.1 Å². The Bertz CT molecular complexity index is 386. The Hall–Kier alpha value is -0.580. The molecule has 0 radical (unpaired) electrons. The lowest BCUT2D eigenvalue weighted by Gasteiger charge is -2.14. The normalized spacial score (nSPS) is 24.2. The second kappa shape index (κ2) is 5.85. The molecular formula is C13H18FNOS. The Kier molecular flexibility index (Phi) is 4.42. The molecule has 2 unspecified atom stereocenters. The van der Waals surface area contributed by atoms with Crippen LogP contribution in [0.4, 0.5) is 4.39 Å². The van der Waals surface area contributed by atoms with E-state index in [-0.39, 0.29) is 11.9 Å². The molecule has 0 aromatic heterocycles. The summed E-state index contributed by atoms with van der Waals surface area (Å²) >= 11 is 1.72. The highest BCUT2D eigenvalue weighted by Crippen LogP contribution is 2.33. The summed E-state index contributed by atoms with van der Waals surface area (Å²) in [5.74, 6) is -0.160. The first kappa shape index (κ1) is 12.9. The van der Waals surface area contributed by atoms with Crippen LogP contribution in [-0.2, 0) is 11.3 Å². The number of hydrogen-bond acceptors (Lipinski definition) is 3. The van der Waals surface area contributed by atoms with Crippen molar-refractivity contribution in [3.8, 4) is 0 Å². The van der Waals surface area contributed by atoms with E-state index in [0.717, 1.165) is 23.5 Å². The third kappa shape index (κ3) is 3.44. The summed E-state index contributed by atoms with van der Waals surface area (Å²) in [6, 6.07) is 5.24. The molecule has 2 rings (SSSR count). The first-order chi connectivity index (χ1) is 8.19. The maximum atomic E-state index is 13.4. The second-order valence-corrected chi connectivity index (χ2v) is 5.66. The summed E-state index contributed by atoms with van der Waals surface area (Å²) in [5.41, 5.74) is 0.988. The van der Waals surface area contributed by atoms with E-state index in [1.807, 2.05) is 7.05 Å². The number of benzene rings is 1. The van der Waals surface area contributed by atoms with Crippen LogP contribution in [0.1, 0.15) is 18.9 Å². The number of thioether (sulfide) groups is 1. The molecule has 1 fully saturated rings. The molecule has 17 heavy (non-hydrogen) atoms. The summed E-state index contributed by atoms with van der Waals surface area (Å²) in [7, 11) is 1.87. The Labute approximate surface area is 106 Å². The van der Waals surface area contributed by atoms with Crippen molar-refractivity contribution in [1.82, 2.24) is 5.32 Å². The van der Waals surface area contributed by atoms with Gasteiger partial charge in [0.1, 0.15) is 5.82 Å². The first-order valence-corrected chi connectivity index (χ1v) is 6.79. The van der Waals surface area contributed by atoms with Crippen LogP contribution >= 0.6 is 11.8 Å². The van der Waals surface area contributed by atoms with Gasteiger partial charge in [-0.1, -0.05) is 0 Å².